The molecule has 18 heavy (non-hydrogen) atoms. The van der Waals surface area contributed by atoms with E-state index < -0.39 is 0 Å². The normalized spacial score (nSPS) is 26.3. The van der Waals surface area contributed by atoms with Crippen molar-refractivity contribution < 1.29 is 4.79 Å². The standard InChI is InChI=1S/C15H28N2O/c16-9-7-14-8-10-17(12-14)15(18)11-13-5-3-1-2-4-6-13/h13-14H,1-12,16H2. The summed E-state index contributed by atoms with van der Waals surface area (Å²) in [6.07, 6.45) is 11.0. The van der Waals surface area contributed by atoms with E-state index in [-0.39, 0.29) is 0 Å². The Bertz CT molecular complexity index is 259. The van der Waals surface area contributed by atoms with Gasteiger partial charge in [0.05, 0.1) is 0 Å². The SMILES string of the molecule is NCCC1CCN(C(=O)CC2CCCCCC2)C1. The number of amides is 1. The third kappa shape index (κ3) is 3.98. The predicted molar refractivity (Wildman–Crippen MR) is 74.2 cm³/mol. The molecule has 0 bridgehead atoms. The first-order chi connectivity index (χ1) is 8.79. The third-order valence-corrected chi connectivity index (χ3v) is 4.65. The summed E-state index contributed by atoms with van der Waals surface area (Å²) in [5.41, 5.74) is 5.59. The van der Waals surface area contributed by atoms with Crippen LogP contribution < -0.4 is 5.73 Å². The topological polar surface area (TPSA) is 46.3 Å². The largest absolute Gasteiger partial charge is 0.342 e. The Morgan fingerprint density at radius 3 is 2.44 bits per heavy atom. The van der Waals surface area contributed by atoms with Crippen molar-refractivity contribution in [2.75, 3.05) is 19.6 Å². The molecule has 0 aromatic carbocycles. The first-order valence-electron chi connectivity index (χ1n) is 7.77. The Morgan fingerprint density at radius 2 is 1.78 bits per heavy atom. The highest BCUT2D eigenvalue weighted by molar-refractivity contribution is 5.76. The lowest BCUT2D eigenvalue weighted by Gasteiger charge is -2.20. The molecular formula is C15H28N2O. The van der Waals surface area contributed by atoms with Gasteiger partial charge in [-0.05, 0) is 44.1 Å². The highest BCUT2D eigenvalue weighted by Gasteiger charge is 2.27. The molecule has 1 unspecified atom stereocenters. The molecule has 1 atom stereocenters. The van der Waals surface area contributed by atoms with Crippen LogP contribution in [0, 0.1) is 11.8 Å². The highest BCUT2D eigenvalue weighted by Crippen LogP contribution is 2.27. The van der Waals surface area contributed by atoms with Gasteiger partial charge in [0.1, 0.15) is 0 Å². The van der Waals surface area contributed by atoms with Crippen LogP contribution >= 0.6 is 0 Å². The third-order valence-electron chi connectivity index (χ3n) is 4.65. The average molecular weight is 252 g/mol. The molecule has 2 fully saturated rings. The van der Waals surface area contributed by atoms with Gasteiger partial charge in [-0.1, -0.05) is 25.7 Å². The second-order valence-corrected chi connectivity index (χ2v) is 6.13. The van der Waals surface area contributed by atoms with Crippen LogP contribution in [0.4, 0.5) is 0 Å². The number of hydrogen-bond acceptors (Lipinski definition) is 2. The fourth-order valence-corrected chi connectivity index (χ4v) is 3.47. The molecule has 1 heterocycles. The van der Waals surface area contributed by atoms with Crippen molar-refractivity contribution >= 4 is 5.91 Å². The highest BCUT2D eigenvalue weighted by atomic mass is 16.2. The lowest BCUT2D eigenvalue weighted by atomic mass is 9.96. The fraction of sp³-hybridized carbons (Fsp3) is 0.933. The van der Waals surface area contributed by atoms with Gasteiger partial charge >= 0.3 is 0 Å². The van der Waals surface area contributed by atoms with E-state index >= 15 is 0 Å². The first kappa shape index (κ1) is 13.9. The molecule has 0 spiro atoms. The van der Waals surface area contributed by atoms with E-state index in [0.29, 0.717) is 17.7 Å². The molecule has 0 aromatic heterocycles. The van der Waals surface area contributed by atoms with Gasteiger partial charge in [0.2, 0.25) is 5.91 Å². The monoisotopic (exact) mass is 252 g/mol. The maximum Gasteiger partial charge on any atom is 0.222 e. The summed E-state index contributed by atoms with van der Waals surface area (Å²) in [6.45, 7) is 2.69. The molecule has 0 aromatic rings. The van der Waals surface area contributed by atoms with Crippen molar-refractivity contribution in [3.63, 3.8) is 0 Å². The van der Waals surface area contributed by atoms with Crippen LogP contribution in [-0.4, -0.2) is 30.4 Å². The minimum absolute atomic E-state index is 0.404. The first-order valence-corrected chi connectivity index (χ1v) is 7.77. The summed E-state index contributed by atoms with van der Waals surface area (Å²) in [5, 5.41) is 0. The molecule has 1 saturated heterocycles. The second-order valence-electron chi connectivity index (χ2n) is 6.13. The molecule has 3 heteroatoms. The Labute approximate surface area is 111 Å². The van der Waals surface area contributed by atoms with E-state index in [1.54, 1.807) is 0 Å². The van der Waals surface area contributed by atoms with Gasteiger partial charge < -0.3 is 10.6 Å². The minimum atomic E-state index is 0.404. The maximum atomic E-state index is 12.3. The molecule has 2 N–H and O–H groups in total. The van der Waals surface area contributed by atoms with E-state index in [1.165, 1.54) is 38.5 Å². The van der Waals surface area contributed by atoms with Crippen molar-refractivity contribution in [3.05, 3.63) is 0 Å². The summed E-state index contributed by atoms with van der Waals surface area (Å²) in [7, 11) is 0. The summed E-state index contributed by atoms with van der Waals surface area (Å²) in [4.78, 5) is 14.4. The summed E-state index contributed by atoms with van der Waals surface area (Å²) in [5.74, 6) is 1.73. The van der Waals surface area contributed by atoms with E-state index in [1.807, 2.05) is 0 Å². The van der Waals surface area contributed by atoms with Gasteiger partial charge in [0, 0.05) is 19.5 Å². The summed E-state index contributed by atoms with van der Waals surface area (Å²) >= 11 is 0. The van der Waals surface area contributed by atoms with Crippen LogP contribution in [0.5, 0.6) is 0 Å². The fourth-order valence-electron chi connectivity index (χ4n) is 3.47. The van der Waals surface area contributed by atoms with Gasteiger partial charge in [-0.25, -0.2) is 0 Å². The van der Waals surface area contributed by atoms with E-state index in [2.05, 4.69) is 4.90 Å². The maximum absolute atomic E-state index is 12.3. The van der Waals surface area contributed by atoms with Crippen LogP contribution in [0.2, 0.25) is 0 Å². The Balaban J connectivity index is 1.74. The van der Waals surface area contributed by atoms with Crippen molar-refractivity contribution in [1.82, 2.24) is 4.90 Å². The molecule has 2 aliphatic rings. The van der Waals surface area contributed by atoms with Crippen LogP contribution in [0.25, 0.3) is 0 Å². The van der Waals surface area contributed by atoms with Gasteiger partial charge in [-0.15, -0.1) is 0 Å². The van der Waals surface area contributed by atoms with E-state index in [4.69, 9.17) is 5.73 Å². The zero-order valence-corrected chi connectivity index (χ0v) is 11.6. The zero-order chi connectivity index (χ0) is 12.8. The number of carbonyl (C=O) groups is 1. The summed E-state index contributed by atoms with van der Waals surface area (Å²) in [6, 6.07) is 0. The van der Waals surface area contributed by atoms with Gasteiger partial charge in [0.25, 0.3) is 0 Å². The Hall–Kier alpha value is -0.570. The van der Waals surface area contributed by atoms with E-state index in [9.17, 15) is 4.79 Å². The molecule has 104 valence electrons. The summed E-state index contributed by atoms with van der Waals surface area (Å²) < 4.78 is 0. The van der Waals surface area contributed by atoms with Crippen LogP contribution in [0.1, 0.15) is 57.8 Å². The quantitative estimate of drug-likeness (QED) is 0.782. The number of carbonyl (C=O) groups excluding carboxylic acids is 1. The molecule has 1 aliphatic carbocycles. The molecular weight excluding hydrogens is 224 g/mol. The Morgan fingerprint density at radius 1 is 1.06 bits per heavy atom. The lowest BCUT2D eigenvalue weighted by Crippen LogP contribution is -2.30. The van der Waals surface area contributed by atoms with Crippen LogP contribution in [-0.2, 0) is 4.79 Å². The zero-order valence-electron chi connectivity index (χ0n) is 11.6. The number of likely N-dealkylation sites (tertiary alicyclic amines) is 1. The van der Waals surface area contributed by atoms with Gasteiger partial charge in [-0.3, -0.25) is 4.79 Å². The second kappa shape index (κ2) is 7.13. The Kier molecular flexibility index (Phi) is 5.48. The van der Waals surface area contributed by atoms with Crippen LogP contribution in [0.3, 0.4) is 0 Å². The lowest BCUT2D eigenvalue weighted by molar-refractivity contribution is -0.131. The molecule has 1 aliphatic heterocycles. The number of rotatable bonds is 4. The molecule has 2 rings (SSSR count). The smallest absolute Gasteiger partial charge is 0.222 e. The van der Waals surface area contributed by atoms with Gasteiger partial charge in [-0.2, -0.15) is 0 Å². The van der Waals surface area contributed by atoms with Crippen LogP contribution in [0.15, 0.2) is 0 Å². The number of nitrogens with two attached hydrogens (primary N) is 1. The van der Waals surface area contributed by atoms with Crippen molar-refractivity contribution in [3.8, 4) is 0 Å². The van der Waals surface area contributed by atoms with Crippen molar-refractivity contribution in [2.45, 2.75) is 57.8 Å². The molecule has 1 amide bonds. The number of nitrogens with zero attached hydrogens (tertiary/aromatic N) is 1. The number of hydrogen-bond donors (Lipinski definition) is 1. The van der Waals surface area contributed by atoms with Crippen molar-refractivity contribution in [1.29, 1.82) is 0 Å². The minimum Gasteiger partial charge on any atom is -0.342 e. The van der Waals surface area contributed by atoms with Gasteiger partial charge in [0.15, 0.2) is 0 Å². The molecule has 0 radical (unpaired) electrons. The predicted octanol–water partition coefficient (Wildman–Crippen LogP) is 2.54. The average Bonchev–Trinajstić information content (AvgIpc) is 2.67. The van der Waals surface area contributed by atoms with E-state index in [0.717, 1.165) is 38.9 Å². The molecule has 1 saturated carbocycles. The van der Waals surface area contributed by atoms with Crippen molar-refractivity contribution in [2.24, 2.45) is 17.6 Å². The molecule has 3 nitrogen and oxygen atoms in total.